The number of aromatic hydroxyl groups is 2. The van der Waals surface area contributed by atoms with Gasteiger partial charge in [-0.05, 0) is 113 Å². The highest BCUT2D eigenvalue weighted by molar-refractivity contribution is 5.93. The van der Waals surface area contributed by atoms with Crippen LogP contribution in [0.1, 0.15) is 30.4 Å². The van der Waals surface area contributed by atoms with E-state index in [4.69, 9.17) is 4.74 Å². The molecule has 0 bridgehead atoms. The number of fused-ring (bicyclic) bond motifs is 1. The van der Waals surface area contributed by atoms with Gasteiger partial charge in [-0.2, -0.15) is 0 Å². The molecule has 0 amide bonds. The van der Waals surface area contributed by atoms with Crippen LogP contribution in [0.15, 0.2) is 115 Å². The topological polar surface area (TPSA) is 61.7 Å². The Labute approximate surface area is 217 Å². The number of phenolic OH excluding ortho intramolecular Hbond substituents is 2. The molecule has 4 nitrogen and oxygen atoms in total. The monoisotopic (exact) mass is 489 g/mol. The largest absolute Gasteiger partial charge is 0.508 e. The van der Waals surface area contributed by atoms with E-state index in [-0.39, 0.29) is 11.5 Å². The molecule has 0 aliphatic carbocycles. The summed E-state index contributed by atoms with van der Waals surface area (Å²) in [6.45, 7) is 0.697. The van der Waals surface area contributed by atoms with E-state index in [1.807, 2.05) is 54.9 Å². The van der Waals surface area contributed by atoms with Crippen LogP contribution in [0.3, 0.4) is 0 Å². The minimum absolute atomic E-state index is 0.249. The van der Waals surface area contributed by atoms with Crippen LogP contribution in [0.4, 0.5) is 0 Å². The second kappa shape index (κ2) is 11.5. The van der Waals surface area contributed by atoms with Crippen LogP contribution in [0.25, 0.3) is 21.9 Å². The van der Waals surface area contributed by atoms with Crippen molar-refractivity contribution in [1.29, 1.82) is 0 Å². The Morgan fingerprint density at radius 2 is 1.57 bits per heavy atom. The van der Waals surface area contributed by atoms with Crippen molar-refractivity contribution in [1.82, 2.24) is 5.32 Å². The Morgan fingerprint density at radius 1 is 0.757 bits per heavy atom. The van der Waals surface area contributed by atoms with Gasteiger partial charge in [-0.25, -0.2) is 0 Å². The van der Waals surface area contributed by atoms with Gasteiger partial charge in [0.15, 0.2) is 0 Å². The summed E-state index contributed by atoms with van der Waals surface area (Å²) in [6, 6.07) is 25.3. The average molecular weight is 490 g/mol. The zero-order valence-corrected chi connectivity index (χ0v) is 20.7. The number of ether oxygens (including phenoxy) is 1. The zero-order valence-electron chi connectivity index (χ0n) is 20.7. The first-order valence-electron chi connectivity index (χ1n) is 12.7. The van der Waals surface area contributed by atoms with Gasteiger partial charge in [0, 0.05) is 12.4 Å². The number of rotatable bonds is 9. The van der Waals surface area contributed by atoms with Gasteiger partial charge < -0.3 is 20.3 Å². The lowest BCUT2D eigenvalue weighted by Gasteiger charge is -2.15. The molecule has 4 aromatic carbocycles. The molecule has 1 heterocycles. The molecular formula is C33H31NO3. The van der Waals surface area contributed by atoms with E-state index < -0.39 is 0 Å². The summed E-state index contributed by atoms with van der Waals surface area (Å²) < 4.78 is 6.00. The third-order valence-corrected chi connectivity index (χ3v) is 6.62. The number of phenols is 2. The van der Waals surface area contributed by atoms with Crippen LogP contribution in [0.5, 0.6) is 17.2 Å². The molecular weight excluding hydrogens is 458 g/mol. The number of unbranched alkanes of at least 4 members (excludes halogenated alkanes) is 1. The maximum atomic E-state index is 9.99. The Bertz CT molecular complexity index is 1450. The molecule has 3 N–H and O–H groups in total. The average Bonchev–Trinajstić information content (AvgIpc) is 3.19. The number of hydrogen-bond acceptors (Lipinski definition) is 4. The third kappa shape index (κ3) is 6.22. The Balaban J connectivity index is 1.27. The highest BCUT2D eigenvalue weighted by Gasteiger charge is 2.12. The normalized spacial score (nSPS) is 12.7. The van der Waals surface area contributed by atoms with Crippen molar-refractivity contribution >= 4 is 10.8 Å². The molecule has 5 rings (SSSR count). The minimum atomic E-state index is 0.249. The van der Waals surface area contributed by atoms with Crippen LogP contribution in [0.2, 0.25) is 0 Å². The van der Waals surface area contributed by atoms with Crippen LogP contribution >= 0.6 is 0 Å². The molecule has 0 unspecified atom stereocenters. The number of hydrogen-bond donors (Lipinski definition) is 3. The van der Waals surface area contributed by atoms with Crippen molar-refractivity contribution in [2.45, 2.75) is 25.7 Å². The van der Waals surface area contributed by atoms with E-state index in [1.54, 1.807) is 24.3 Å². The first kappa shape index (κ1) is 24.3. The van der Waals surface area contributed by atoms with Crippen molar-refractivity contribution in [3.8, 4) is 28.4 Å². The minimum Gasteiger partial charge on any atom is -0.508 e. The van der Waals surface area contributed by atoms with Gasteiger partial charge >= 0.3 is 0 Å². The summed E-state index contributed by atoms with van der Waals surface area (Å²) in [6.07, 6.45) is 14.0. The van der Waals surface area contributed by atoms with Crippen molar-refractivity contribution in [2.24, 2.45) is 0 Å². The lowest BCUT2D eigenvalue weighted by atomic mass is 9.90. The van der Waals surface area contributed by atoms with Gasteiger partial charge in [-0.15, -0.1) is 0 Å². The second-order valence-corrected chi connectivity index (χ2v) is 9.27. The van der Waals surface area contributed by atoms with Gasteiger partial charge in [0.2, 0.25) is 0 Å². The molecule has 0 saturated heterocycles. The SMILES string of the molecule is Oc1ccc(-c2ccc3cc(O)ccc3c2Cc2ccc(OCCCCC3=CC=CNC=C3)cc2)cc1. The highest BCUT2D eigenvalue weighted by Crippen LogP contribution is 2.34. The third-order valence-electron chi connectivity index (χ3n) is 6.62. The van der Waals surface area contributed by atoms with Gasteiger partial charge in [0.05, 0.1) is 6.61 Å². The number of benzene rings is 4. The van der Waals surface area contributed by atoms with Crippen LogP contribution < -0.4 is 10.1 Å². The summed E-state index contributed by atoms with van der Waals surface area (Å²) in [5.41, 5.74) is 5.85. The first-order valence-corrected chi connectivity index (χ1v) is 12.7. The molecule has 0 saturated carbocycles. The van der Waals surface area contributed by atoms with Crippen LogP contribution in [0, 0.1) is 0 Å². The van der Waals surface area contributed by atoms with E-state index >= 15 is 0 Å². The second-order valence-electron chi connectivity index (χ2n) is 9.27. The summed E-state index contributed by atoms with van der Waals surface area (Å²) in [5, 5.41) is 24.9. The van der Waals surface area contributed by atoms with Gasteiger partial charge in [0.25, 0.3) is 0 Å². The molecule has 0 atom stereocenters. The van der Waals surface area contributed by atoms with Crippen molar-refractivity contribution in [3.63, 3.8) is 0 Å². The fraction of sp³-hybridized carbons (Fsp3) is 0.152. The van der Waals surface area contributed by atoms with Crippen LogP contribution in [-0.4, -0.2) is 16.8 Å². The van der Waals surface area contributed by atoms with E-state index in [2.05, 4.69) is 35.7 Å². The number of allylic oxidation sites excluding steroid dienone is 4. The molecule has 4 aromatic rings. The molecule has 4 heteroatoms. The molecule has 1 aliphatic heterocycles. The summed E-state index contributed by atoms with van der Waals surface area (Å²) in [7, 11) is 0. The van der Waals surface area contributed by atoms with Crippen molar-refractivity contribution in [3.05, 3.63) is 126 Å². The smallest absolute Gasteiger partial charge is 0.119 e. The van der Waals surface area contributed by atoms with E-state index in [9.17, 15) is 10.2 Å². The standard InChI is InChI=1S/C33H31NO3/c35-28-11-8-26(9-12-28)31-16-10-27-23-29(36)13-17-32(27)33(31)22-25-6-14-30(15-7-25)37-21-2-1-4-24-5-3-19-34-20-18-24/h3,5-20,23,34-36H,1-2,4,21-22H2. The molecule has 37 heavy (non-hydrogen) atoms. The summed E-state index contributed by atoms with van der Waals surface area (Å²) >= 11 is 0. The molecule has 186 valence electrons. The Morgan fingerprint density at radius 3 is 2.41 bits per heavy atom. The molecule has 0 aromatic heterocycles. The van der Waals surface area contributed by atoms with E-state index in [0.717, 1.165) is 53.3 Å². The zero-order chi connectivity index (χ0) is 25.5. The van der Waals surface area contributed by atoms with Gasteiger partial charge in [0.1, 0.15) is 17.2 Å². The molecule has 1 aliphatic rings. The highest BCUT2D eigenvalue weighted by atomic mass is 16.5. The summed E-state index contributed by atoms with van der Waals surface area (Å²) in [4.78, 5) is 0. The van der Waals surface area contributed by atoms with Crippen LogP contribution in [-0.2, 0) is 6.42 Å². The predicted octanol–water partition coefficient (Wildman–Crippen LogP) is 7.61. The number of nitrogens with one attached hydrogen (secondary N) is 1. The maximum Gasteiger partial charge on any atom is 0.119 e. The lowest BCUT2D eigenvalue weighted by Crippen LogP contribution is -1.98. The fourth-order valence-electron chi connectivity index (χ4n) is 4.67. The Kier molecular flexibility index (Phi) is 7.56. The van der Waals surface area contributed by atoms with Crippen molar-refractivity contribution < 1.29 is 14.9 Å². The van der Waals surface area contributed by atoms with Crippen molar-refractivity contribution in [2.75, 3.05) is 6.61 Å². The van der Waals surface area contributed by atoms with Gasteiger partial charge in [-0.1, -0.05) is 48.5 Å². The quantitative estimate of drug-likeness (QED) is 0.212. The fourth-order valence-corrected chi connectivity index (χ4v) is 4.67. The molecule has 0 fully saturated rings. The maximum absolute atomic E-state index is 9.99. The summed E-state index contributed by atoms with van der Waals surface area (Å²) in [5.74, 6) is 1.39. The van der Waals surface area contributed by atoms with E-state index in [0.29, 0.717) is 6.61 Å². The molecule has 0 radical (unpaired) electrons. The predicted molar refractivity (Wildman–Crippen MR) is 151 cm³/mol. The molecule has 0 spiro atoms. The lowest BCUT2D eigenvalue weighted by molar-refractivity contribution is 0.307. The Hall–Kier alpha value is -4.44. The first-order chi connectivity index (χ1) is 18.2. The van der Waals surface area contributed by atoms with E-state index in [1.165, 1.54) is 16.7 Å². The van der Waals surface area contributed by atoms with Gasteiger partial charge in [-0.3, -0.25) is 0 Å².